The van der Waals surface area contributed by atoms with Gasteiger partial charge < -0.3 is 20.1 Å². The monoisotopic (exact) mass is 570 g/mol. The van der Waals surface area contributed by atoms with Crippen LogP contribution in [-0.4, -0.2) is 29.5 Å². The summed E-state index contributed by atoms with van der Waals surface area (Å²) in [5.41, 5.74) is 3.87. The van der Waals surface area contributed by atoms with Crippen LogP contribution in [0.15, 0.2) is 89.7 Å². The van der Waals surface area contributed by atoms with Crippen LogP contribution in [-0.2, 0) is 13.1 Å². The summed E-state index contributed by atoms with van der Waals surface area (Å²) in [5, 5.41) is 6.46. The van der Waals surface area contributed by atoms with E-state index >= 15 is 0 Å². The SMILES string of the molecule is O=C(NCc1cccc(Cl)c1)c1ccc(N2C[C@H]3C[C@@H](C2)c2cccc(=O)n2C3)c(NC(=O)c2ccc(F)cc2)c1. The summed E-state index contributed by atoms with van der Waals surface area (Å²) < 4.78 is 15.4. The van der Waals surface area contributed by atoms with Gasteiger partial charge in [0.1, 0.15) is 5.82 Å². The van der Waals surface area contributed by atoms with Gasteiger partial charge >= 0.3 is 0 Å². The standard InChI is InChI=1S/C32H28ClFN4O3/c33-25-4-1-3-20(14-25)16-35-31(40)23-9-12-29(27(15-23)36-32(41)22-7-10-26(34)11-8-22)37-17-21-13-24(19-37)28-5-2-6-30(39)38(28)18-21/h1-12,14-15,21,24H,13,16-19H2,(H,35,40)(H,36,41)/t21-,24+/m1/s1. The van der Waals surface area contributed by atoms with Crippen LogP contribution in [0.2, 0.25) is 5.02 Å². The Kier molecular flexibility index (Phi) is 7.32. The van der Waals surface area contributed by atoms with Gasteiger partial charge in [-0.15, -0.1) is 0 Å². The highest BCUT2D eigenvalue weighted by Gasteiger charge is 2.35. The Morgan fingerprint density at radius 1 is 0.878 bits per heavy atom. The van der Waals surface area contributed by atoms with E-state index in [1.54, 1.807) is 36.4 Å². The normalized spacial score (nSPS) is 17.5. The number of piperidine rings is 1. The molecule has 1 fully saturated rings. The maximum atomic E-state index is 13.5. The molecule has 0 aliphatic carbocycles. The smallest absolute Gasteiger partial charge is 0.255 e. The van der Waals surface area contributed by atoms with Gasteiger partial charge in [0.15, 0.2) is 0 Å². The van der Waals surface area contributed by atoms with Crippen LogP contribution in [0, 0.1) is 11.7 Å². The van der Waals surface area contributed by atoms with Crippen LogP contribution >= 0.6 is 11.6 Å². The number of fused-ring (bicyclic) bond motifs is 4. The molecule has 0 saturated carbocycles. The summed E-state index contributed by atoms with van der Waals surface area (Å²) in [6, 6.07) is 23.3. The van der Waals surface area contributed by atoms with Crippen LogP contribution in [0.3, 0.4) is 0 Å². The molecule has 1 aromatic heterocycles. The number of benzene rings is 3. The topological polar surface area (TPSA) is 83.4 Å². The summed E-state index contributed by atoms with van der Waals surface area (Å²) in [4.78, 5) is 41.0. The quantitative estimate of drug-likeness (QED) is 0.323. The van der Waals surface area contributed by atoms with E-state index in [0.29, 0.717) is 48.0 Å². The Balaban J connectivity index is 1.29. The van der Waals surface area contributed by atoms with Gasteiger partial charge in [0, 0.05) is 60.0 Å². The van der Waals surface area contributed by atoms with Gasteiger partial charge in [-0.25, -0.2) is 4.39 Å². The fourth-order valence-electron chi connectivity index (χ4n) is 5.87. The molecule has 2 atom stereocenters. The molecule has 2 bridgehead atoms. The van der Waals surface area contributed by atoms with Crippen molar-refractivity contribution >= 4 is 34.8 Å². The van der Waals surface area contributed by atoms with Crippen molar-refractivity contribution in [2.24, 2.45) is 5.92 Å². The number of hydrogen-bond donors (Lipinski definition) is 2. The Morgan fingerprint density at radius 2 is 1.66 bits per heavy atom. The zero-order valence-corrected chi connectivity index (χ0v) is 22.9. The second-order valence-corrected chi connectivity index (χ2v) is 11.0. The van der Waals surface area contributed by atoms with Gasteiger partial charge in [-0.05, 0) is 78.6 Å². The number of aromatic nitrogens is 1. The fraction of sp³-hybridized carbons (Fsp3) is 0.219. The molecular weight excluding hydrogens is 543 g/mol. The number of amides is 2. The molecule has 0 radical (unpaired) electrons. The Hall–Kier alpha value is -4.43. The summed E-state index contributed by atoms with van der Waals surface area (Å²) in [7, 11) is 0. The molecule has 7 nitrogen and oxygen atoms in total. The van der Waals surface area contributed by atoms with Crippen molar-refractivity contribution in [3.05, 3.63) is 129 Å². The molecule has 208 valence electrons. The first-order valence-corrected chi connectivity index (χ1v) is 13.9. The average Bonchev–Trinajstić information content (AvgIpc) is 2.97. The van der Waals surface area contributed by atoms with Gasteiger partial charge in [0.05, 0.1) is 11.4 Å². The Morgan fingerprint density at radius 3 is 2.46 bits per heavy atom. The maximum absolute atomic E-state index is 13.5. The van der Waals surface area contributed by atoms with Gasteiger partial charge in [-0.2, -0.15) is 0 Å². The molecule has 3 heterocycles. The lowest BCUT2D eigenvalue weighted by atomic mass is 9.83. The lowest BCUT2D eigenvalue weighted by Gasteiger charge is -2.44. The molecule has 4 aromatic rings. The second kappa shape index (κ2) is 11.2. The van der Waals surface area contributed by atoms with Crippen molar-refractivity contribution in [3.8, 4) is 0 Å². The molecular formula is C32H28ClFN4O3. The van der Waals surface area contributed by atoms with E-state index in [-0.39, 0.29) is 23.3 Å². The van der Waals surface area contributed by atoms with Gasteiger partial charge in [0.25, 0.3) is 17.4 Å². The molecule has 0 unspecified atom stereocenters. The van der Waals surface area contributed by atoms with E-state index < -0.39 is 11.7 Å². The average molecular weight is 571 g/mol. The molecule has 6 rings (SSSR count). The highest BCUT2D eigenvalue weighted by molar-refractivity contribution is 6.30. The summed E-state index contributed by atoms with van der Waals surface area (Å²) in [6.45, 7) is 2.31. The maximum Gasteiger partial charge on any atom is 0.255 e. The summed E-state index contributed by atoms with van der Waals surface area (Å²) in [5.74, 6) is -0.699. The van der Waals surface area contributed by atoms with E-state index in [1.165, 1.54) is 24.3 Å². The minimum Gasteiger partial charge on any atom is -0.369 e. The van der Waals surface area contributed by atoms with Crippen LogP contribution in [0.1, 0.15) is 44.3 Å². The summed E-state index contributed by atoms with van der Waals surface area (Å²) in [6.07, 6.45) is 0.987. The van der Waals surface area contributed by atoms with E-state index in [2.05, 4.69) is 15.5 Å². The zero-order chi connectivity index (χ0) is 28.5. The predicted octanol–water partition coefficient (Wildman–Crippen LogP) is 5.45. The number of carbonyl (C=O) groups is 2. The number of nitrogens with one attached hydrogen (secondary N) is 2. The number of anilines is 2. The zero-order valence-electron chi connectivity index (χ0n) is 22.1. The first-order chi connectivity index (χ1) is 19.8. The van der Waals surface area contributed by atoms with Gasteiger partial charge in [-0.1, -0.05) is 29.8 Å². The van der Waals surface area contributed by atoms with Crippen LogP contribution < -0.4 is 21.1 Å². The van der Waals surface area contributed by atoms with Crippen LogP contribution in [0.5, 0.6) is 0 Å². The highest BCUT2D eigenvalue weighted by Crippen LogP contribution is 2.39. The van der Waals surface area contributed by atoms with Crippen molar-refractivity contribution in [1.82, 2.24) is 9.88 Å². The number of carbonyl (C=O) groups excluding carboxylic acids is 2. The predicted molar refractivity (Wildman–Crippen MR) is 157 cm³/mol. The van der Waals surface area contributed by atoms with Crippen molar-refractivity contribution in [2.45, 2.75) is 25.4 Å². The molecule has 2 N–H and O–H groups in total. The highest BCUT2D eigenvalue weighted by atomic mass is 35.5. The minimum atomic E-state index is -0.431. The van der Waals surface area contributed by atoms with Crippen LogP contribution in [0.25, 0.3) is 0 Å². The molecule has 2 amide bonds. The third-order valence-electron chi connectivity index (χ3n) is 7.78. The van der Waals surface area contributed by atoms with E-state index in [9.17, 15) is 18.8 Å². The molecule has 2 aliphatic heterocycles. The van der Waals surface area contributed by atoms with E-state index in [4.69, 9.17) is 11.6 Å². The largest absolute Gasteiger partial charge is 0.369 e. The number of rotatable bonds is 6. The minimum absolute atomic E-state index is 0.0195. The molecule has 3 aromatic carbocycles. The van der Waals surface area contributed by atoms with E-state index in [0.717, 1.165) is 23.4 Å². The summed E-state index contributed by atoms with van der Waals surface area (Å²) >= 11 is 6.07. The van der Waals surface area contributed by atoms with Gasteiger partial charge in [0.2, 0.25) is 0 Å². The lowest BCUT2D eigenvalue weighted by Crippen LogP contribution is -2.47. The molecule has 2 aliphatic rings. The third kappa shape index (κ3) is 5.74. The van der Waals surface area contributed by atoms with E-state index in [1.807, 2.05) is 28.8 Å². The molecule has 41 heavy (non-hydrogen) atoms. The molecule has 0 spiro atoms. The lowest BCUT2D eigenvalue weighted by molar-refractivity contribution is 0.0949. The molecule has 9 heteroatoms. The number of halogens is 2. The molecule has 1 saturated heterocycles. The Labute approximate surface area is 241 Å². The van der Waals surface area contributed by atoms with Crippen molar-refractivity contribution in [3.63, 3.8) is 0 Å². The second-order valence-electron chi connectivity index (χ2n) is 10.6. The van der Waals surface area contributed by atoms with Crippen molar-refractivity contribution in [1.29, 1.82) is 0 Å². The first kappa shape index (κ1) is 26.8. The number of pyridine rings is 1. The first-order valence-electron chi connectivity index (χ1n) is 13.5. The van der Waals surface area contributed by atoms with Gasteiger partial charge in [-0.3, -0.25) is 14.4 Å². The van der Waals surface area contributed by atoms with Crippen LogP contribution in [0.4, 0.5) is 15.8 Å². The Bertz CT molecular complexity index is 1690. The fourth-order valence-corrected chi connectivity index (χ4v) is 6.09. The number of nitrogens with zero attached hydrogens (tertiary/aromatic N) is 2. The third-order valence-corrected chi connectivity index (χ3v) is 8.01. The van der Waals surface area contributed by atoms with Crippen molar-refractivity contribution in [2.75, 3.05) is 23.3 Å². The number of hydrogen-bond acceptors (Lipinski definition) is 4. The van der Waals surface area contributed by atoms with Crippen molar-refractivity contribution < 1.29 is 14.0 Å².